The summed E-state index contributed by atoms with van der Waals surface area (Å²) in [6, 6.07) is 23.3. The van der Waals surface area contributed by atoms with Gasteiger partial charge in [0.15, 0.2) is 24.7 Å². The van der Waals surface area contributed by atoms with Crippen LogP contribution in [0.25, 0.3) is 0 Å². The number of hydrogen-bond acceptors (Lipinski definition) is 15. The number of rotatable bonds is 21. The van der Waals surface area contributed by atoms with E-state index in [9.17, 15) is 29.1 Å². The summed E-state index contributed by atoms with van der Waals surface area (Å²) in [6.07, 6.45) is 9.81. The summed E-state index contributed by atoms with van der Waals surface area (Å²) in [6.45, 7) is 2.72. The van der Waals surface area contributed by atoms with Crippen molar-refractivity contribution >= 4 is 42.1 Å². The molecule has 6 fully saturated rings. The Morgan fingerprint density at radius 1 is 0.623 bits per heavy atom. The highest BCUT2D eigenvalue weighted by Gasteiger charge is 2.57. The maximum Gasteiger partial charge on any atom is 0.331 e. The fourth-order valence-electron chi connectivity index (χ4n) is 11.7. The van der Waals surface area contributed by atoms with E-state index in [4.69, 9.17) is 43.6 Å². The van der Waals surface area contributed by atoms with Crippen LogP contribution in [-0.2, 0) is 81.5 Å². The SMILES string of the molecule is COC(=O)[C@@H]1[C@H]2OC(CCCOCc3ccccc3)O[C@H]2CN1C(=O)[C@@H](N)C1CCCCC1.COC(=O)[C@@H]1[C@H]2OC(CCCOCc3ccccc3)O[C@H]2CN1C(=O)[C@@H](NC(=O)Cc1cccc(O)c1)C1CCCCC1.Cl. The number of aromatic hydroxyl groups is 1. The van der Waals surface area contributed by atoms with Gasteiger partial charge in [0, 0.05) is 26.1 Å². The van der Waals surface area contributed by atoms with Crippen molar-refractivity contribution in [2.24, 2.45) is 17.6 Å². The maximum atomic E-state index is 14.1. The molecular weight excluding hydrogens is 1010 g/mol. The van der Waals surface area contributed by atoms with E-state index < -0.39 is 67.0 Å². The topological polar surface area (TPSA) is 224 Å². The zero-order chi connectivity index (χ0) is 53.4. The fraction of sp³-hybridized carbons (Fsp3) is 0.603. The lowest BCUT2D eigenvalue weighted by Gasteiger charge is -2.35. The number of phenols is 1. The average molecular weight is 1090 g/mol. The number of carbonyl (C=O) groups is 5. The lowest BCUT2D eigenvalue weighted by atomic mass is 9.83. The van der Waals surface area contributed by atoms with E-state index in [0.717, 1.165) is 81.8 Å². The normalized spacial score (nSPS) is 25.8. The number of amides is 3. The number of likely N-dealkylation sites (tertiary alicyclic amines) is 2. The van der Waals surface area contributed by atoms with Crippen LogP contribution >= 0.6 is 12.4 Å². The first kappa shape index (κ1) is 59.5. The van der Waals surface area contributed by atoms with Crippen LogP contribution in [0.15, 0.2) is 84.9 Å². The number of esters is 2. The number of fused-ring (bicyclic) bond motifs is 2. The number of benzene rings is 3. The van der Waals surface area contributed by atoms with Gasteiger partial charge in [0.25, 0.3) is 0 Å². The van der Waals surface area contributed by atoms with Gasteiger partial charge in [0.1, 0.15) is 36.2 Å². The van der Waals surface area contributed by atoms with Crippen LogP contribution in [0.5, 0.6) is 5.75 Å². The molecule has 2 unspecified atom stereocenters. The summed E-state index contributed by atoms with van der Waals surface area (Å²) in [4.78, 5) is 69.1. The molecule has 10 atom stereocenters. The number of nitrogens with one attached hydrogen (secondary N) is 1. The van der Waals surface area contributed by atoms with Crippen LogP contribution in [0.4, 0.5) is 0 Å². The Balaban J connectivity index is 0.000000228. The molecule has 3 amide bonds. The van der Waals surface area contributed by atoms with Crippen molar-refractivity contribution in [1.29, 1.82) is 0 Å². The van der Waals surface area contributed by atoms with Crippen LogP contribution in [-0.4, -0.2) is 146 Å². The second-order valence-electron chi connectivity index (χ2n) is 20.9. The minimum absolute atomic E-state index is 0. The Kier molecular flexibility index (Phi) is 22.9. The summed E-state index contributed by atoms with van der Waals surface area (Å²) in [5.41, 5.74) is 9.24. The molecular formula is C58H79ClN4O14. The van der Waals surface area contributed by atoms with Gasteiger partial charge >= 0.3 is 11.9 Å². The molecule has 0 radical (unpaired) electrons. The van der Waals surface area contributed by atoms with E-state index >= 15 is 0 Å². The molecule has 3 aromatic carbocycles. The van der Waals surface area contributed by atoms with Crippen LogP contribution in [0.2, 0.25) is 0 Å². The molecule has 0 bridgehead atoms. The molecule has 4 aliphatic heterocycles. The molecule has 4 heterocycles. The van der Waals surface area contributed by atoms with Crippen molar-refractivity contribution in [3.63, 3.8) is 0 Å². The van der Waals surface area contributed by atoms with Gasteiger partial charge in [-0.1, -0.05) is 111 Å². The number of ether oxygens (including phenoxy) is 8. The van der Waals surface area contributed by atoms with E-state index in [1.54, 1.807) is 18.2 Å². The molecule has 2 aliphatic carbocycles. The number of nitrogens with two attached hydrogens (primary N) is 1. The predicted molar refractivity (Wildman–Crippen MR) is 285 cm³/mol. The van der Waals surface area contributed by atoms with Gasteiger partial charge in [-0.25, -0.2) is 9.59 Å². The molecule has 0 spiro atoms. The minimum atomic E-state index is -0.962. The minimum Gasteiger partial charge on any atom is -0.508 e. The molecule has 77 heavy (non-hydrogen) atoms. The molecule has 0 aromatic heterocycles. The quantitative estimate of drug-likeness (QED) is 0.0787. The van der Waals surface area contributed by atoms with E-state index in [1.165, 1.54) is 36.5 Å². The first-order valence-electron chi connectivity index (χ1n) is 27.5. The Bertz CT molecular complexity index is 2340. The number of halogens is 1. The van der Waals surface area contributed by atoms with Crippen LogP contribution in [0.3, 0.4) is 0 Å². The Labute approximate surface area is 458 Å². The number of nitrogens with zero attached hydrogens (tertiary/aromatic N) is 2. The van der Waals surface area contributed by atoms with Crippen LogP contribution in [0.1, 0.15) is 107 Å². The van der Waals surface area contributed by atoms with E-state index in [1.807, 2.05) is 60.7 Å². The van der Waals surface area contributed by atoms with E-state index in [2.05, 4.69) is 5.32 Å². The summed E-state index contributed by atoms with van der Waals surface area (Å²) in [7, 11) is 2.63. The Morgan fingerprint density at radius 3 is 1.57 bits per heavy atom. The molecule has 2 saturated carbocycles. The second-order valence-corrected chi connectivity index (χ2v) is 20.9. The molecule has 6 aliphatic rings. The third kappa shape index (κ3) is 16.0. The number of hydrogen-bond donors (Lipinski definition) is 3. The van der Waals surface area contributed by atoms with Crippen molar-refractivity contribution in [1.82, 2.24) is 15.1 Å². The first-order chi connectivity index (χ1) is 37.0. The van der Waals surface area contributed by atoms with Crippen molar-refractivity contribution in [3.05, 3.63) is 102 Å². The van der Waals surface area contributed by atoms with Crippen molar-refractivity contribution < 1.29 is 67.0 Å². The molecule has 9 rings (SSSR count). The highest BCUT2D eigenvalue weighted by atomic mass is 35.5. The smallest absolute Gasteiger partial charge is 0.331 e. The molecule has 18 nitrogen and oxygen atoms in total. The van der Waals surface area contributed by atoms with Crippen LogP contribution in [0, 0.1) is 11.8 Å². The van der Waals surface area contributed by atoms with Crippen molar-refractivity contribution in [2.75, 3.05) is 40.5 Å². The largest absolute Gasteiger partial charge is 0.508 e. The molecule has 19 heteroatoms. The predicted octanol–water partition coefficient (Wildman–Crippen LogP) is 6.30. The molecule has 4 saturated heterocycles. The number of carbonyl (C=O) groups excluding carboxylic acids is 5. The van der Waals surface area contributed by atoms with Gasteiger partial charge in [-0.05, 0) is 79.2 Å². The molecule has 3 aromatic rings. The Morgan fingerprint density at radius 2 is 1.09 bits per heavy atom. The molecule has 422 valence electrons. The lowest BCUT2D eigenvalue weighted by Crippen LogP contribution is -2.56. The number of phenolic OH excluding ortho intramolecular Hbond substituents is 1. The zero-order valence-corrected chi connectivity index (χ0v) is 45.3. The van der Waals surface area contributed by atoms with E-state index in [-0.39, 0.29) is 66.8 Å². The van der Waals surface area contributed by atoms with Gasteiger partial charge in [0.05, 0.1) is 53.0 Å². The summed E-state index contributed by atoms with van der Waals surface area (Å²) < 4.78 is 46.1. The van der Waals surface area contributed by atoms with Gasteiger partial charge < -0.3 is 63.9 Å². The van der Waals surface area contributed by atoms with Gasteiger partial charge in [0.2, 0.25) is 17.7 Å². The maximum absolute atomic E-state index is 14.1. The monoisotopic (exact) mass is 1090 g/mol. The summed E-state index contributed by atoms with van der Waals surface area (Å²) in [5.74, 6) is -1.69. The third-order valence-electron chi connectivity index (χ3n) is 15.6. The molecule has 4 N–H and O–H groups in total. The van der Waals surface area contributed by atoms with Gasteiger partial charge in [-0.15, -0.1) is 12.4 Å². The second kappa shape index (κ2) is 29.7. The lowest BCUT2D eigenvalue weighted by molar-refractivity contribution is -0.161. The fourth-order valence-corrected chi connectivity index (χ4v) is 11.7. The number of methoxy groups -OCH3 is 2. The Hall–Kier alpha value is -5.18. The third-order valence-corrected chi connectivity index (χ3v) is 15.6. The highest BCUT2D eigenvalue weighted by Crippen LogP contribution is 2.38. The van der Waals surface area contributed by atoms with Crippen molar-refractivity contribution in [2.45, 2.75) is 171 Å². The highest BCUT2D eigenvalue weighted by molar-refractivity contribution is 5.92. The van der Waals surface area contributed by atoms with Crippen LogP contribution < -0.4 is 11.1 Å². The van der Waals surface area contributed by atoms with Crippen molar-refractivity contribution in [3.8, 4) is 5.75 Å². The van der Waals surface area contributed by atoms with Gasteiger partial charge in [-0.3, -0.25) is 14.4 Å². The average Bonchev–Trinajstić information content (AvgIpc) is 4.28. The summed E-state index contributed by atoms with van der Waals surface area (Å²) >= 11 is 0. The standard InChI is InChI=1S/C33H42N2O8.C25H36N2O6.ClH/c1-40-33(39)30-31-26(42-28(43-31)16-9-17-41-21-22-10-4-2-5-11-22)20-35(30)32(38)29(24-13-6-3-7-14-24)34-27(37)19-23-12-8-15-25(36)18-23;1-30-25(29)22-23-19(15-27(22)24(28)21(26)18-11-6-3-7-12-18)32-20(33-23)13-8-14-31-16-17-9-4-2-5-10-17;/h2,4-5,8,10-12,15,18,24,26,28-31,36H,3,6-7,9,13-14,16-17,19-21H2,1H3,(H,34,37);2,4-5,9-10,18-23H,3,6-8,11-16,26H2,1H3;1H/t26-,28?,29-,30-,31-;19-,20?,21-,22-,23-;/m00./s1. The zero-order valence-electron chi connectivity index (χ0n) is 44.5. The van der Waals surface area contributed by atoms with Gasteiger partial charge in [-0.2, -0.15) is 0 Å². The summed E-state index contributed by atoms with van der Waals surface area (Å²) in [5, 5.41) is 12.8. The van der Waals surface area contributed by atoms with E-state index in [0.29, 0.717) is 51.4 Å². The first-order valence-corrected chi connectivity index (χ1v) is 27.5.